The van der Waals surface area contributed by atoms with E-state index in [0.717, 1.165) is 71.6 Å². The van der Waals surface area contributed by atoms with Gasteiger partial charge in [0.05, 0.1) is 24.3 Å². The van der Waals surface area contributed by atoms with Gasteiger partial charge in [-0.2, -0.15) is 5.10 Å². The first kappa shape index (κ1) is 22.9. The molecule has 4 heterocycles. The van der Waals surface area contributed by atoms with E-state index in [1.165, 1.54) is 11.1 Å². The van der Waals surface area contributed by atoms with Crippen molar-refractivity contribution in [2.45, 2.75) is 25.7 Å². The molecule has 34 heavy (non-hydrogen) atoms. The maximum Gasteiger partial charge on any atom is 0.257 e. The zero-order valence-electron chi connectivity index (χ0n) is 19.8. The number of benzene rings is 1. The van der Waals surface area contributed by atoms with E-state index in [0.29, 0.717) is 23.8 Å². The number of para-hydroxylation sites is 1. The Morgan fingerprint density at radius 3 is 2.82 bits per heavy atom. The van der Waals surface area contributed by atoms with E-state index >= 15 is 0 Å². The number of pyridine rings is 1. The minimum atomic E-state index is 0.0838. The van der Waals surface area contributed by atoms with Gasteiger partial charge in [-0.25, -0.2) is 4.52 Å². The predicted molar refractivity (Wildman–Crippen MR) is 131 cm³/mol. The molecule has 1 unspecified atom stereocenters. The summed E-state index contributed by atoms with van der Waals surface area (Å²) in [4.78, 5) is 17.8. The van der Waals surface area contributed by atoms with Crippen LogP contribution in [0.3, 0.4) is 0 Å². The first-order valence-corrected chi connectivity index (χ1v) is 12.5. The molecule has 0 saturated carbocycles. The van der Waals surface area contributed by atoms with Crippen LogP contribution in [-0.4, -0.2) is 77.9 Å². The molecule has 2 fully saturated rings. The molecule has 0 spiro atoms. The van der Waals surface area contributed by atoms with Gasteiger partial charge in [0, 0.05) is 45.1 Å². The van der Waals surface area contributed by atoms with Crippen LogP contribution in [0.25, 0.3) is 5.52 Å². The molecule has 2 aliphatic heterocycles. The number of hydrogen-bond donors (Lipinski definition) is 0. The quantitative estimate of drug-likeness (QED) is 0.538. The number of aromatic nitrogens is 2. The smallest absolute Gasteiger partial charge is 0.257 e. The average molecular weight is 463 g/mol. The Hall–Kier alpha value is -2.90. The van der Waals surface area contributed by atoms with E-state index in [1.54, 1.807) is 0 Å². The summed E-state index contributed by atoms with van der Waals surface area (Å²) in [6.07, 6.45) is 8.05. The lowest BCUT2D eigenvalue weighted by atomic mass is 9.92. The summed E-state index contributed by atoms with van der Waals surface area (Å²) in [5.74, 6) is 1.34. The predicted octanol–water partition coefficient (Wildman–Crippen LogP) is 3.53. The number of rotatable bonds is 7. The van der Waals surface area contributed by atoms with Gasteiger partial charge in [-0.15, -0.1) is 0 Å². The number of amides is 1. The summed E-state index contributed by atoms with van der Waals surface area (Å²) < 4.78 is 13.4. The van der Waals surface area contributed by atoms with Crippen LogP contribution < -0.4 is 4.74 Å². The van der Waals surface area contributed by atoms with Crippen molar-refractivity contribution >= 4 is 11.4 Å². The van der Waals surface area contributed by atoms with Gasteiger partial charge >= 0.3 is 0 Å². The van der Waals surface area contributed by atoms with Gasteiger partial charge in [0.15, 0.2) is 0 Å². The van der Waals surface area contributed by atoms with Crippen molar-refractivity contribution in [3.63, 3.8) is 0 Å². The topological polar surface area (TPSA) is 59.3 Å². The second-order valence-corrected chi connectivity index (χ2v) is 9.29. The van der Waals surface area contributed by atoms with Crippen molar-refractivity contribution in [1.29, 1.82) is 0 Å². The third kappa shape index (κ3) is 5.42. The molecular weight excluding hydrogens is 428 g/mol. The lowest BCUT2D eigenvalue weighted by molar-refractivity contribution is 0.0321. The van der Waals surface area contributed by atoms with Crippen LogP contribution in [0.4, 0.5) is 0 Å². The SMILES string of the molecule is O=C(c1ccccc1OCCN1CCOCC1)N1CCCC(Cc2cccn3nccc23)CC1. The number of likely N-dealkylation sites (tertiary alicyclic amines) is 1. The van der Waals surface area contributed by atoms with Crippen LogP contribution in [0.5, 0.6) is 5.75 Å². The molecule has 3 aromatic rings. The Kier molecular flexibility index (Phi) is 7.41. The highest BCUT2D eigenvalue weighted by Crippen LogP contribution is 2.26. The molecular formula is C27H34N4O3. The van der Waals surface area contributed by atoms with Crippen LogP contribution in [0.15, 0.2) is 54.9 Å². The minimum absolute atomic E-state index is 0.0838. The molecule has 5 rings (SSSR count). The molecule has 0 bridgehead atoms. The highest BCUT2D eigenvalue weighted by atomic mass is 16.5. The summed E-state index contributed by atoms with van der Waals surface area (Å²) in [5.41, 5.74) is 3.19. The van der Waals surface area contributed by atoms with Crippen LogP contribution in [0, 0.1) is 5.92 Å². The second-order valence-electron chi connectivity index (χ2n) is 9.29. The number of hydrogen-bond acceptors (Lipinski definition) is 5. The zero-order chi connectivity index (χ0) is 23.2. The van der Waals surface area contributed by atoms with Gasteiger partial charge in [0.1, 0.15) is 12.4 Å². The van der Waals surface area contributed by atoms with Crippen molar-refractivity contribution in [3.8, 4) is 5.75 Å². The zero-order valence-corrected chi connectivity index (χ0v) is 19.8. The van der Waals surface area contributed by atoms with Crippen LogP contribution in [0.2, 0.25) is 0 Å². The number of morpholine rings is 1. The largest absolute Gasteiger partial charge is 0.491 e. The number of carbonyl (C=O) groups is 1. The third-order valence-corrected chi connectivity index (χ3v) is 7.05. The lowest BCUT2D eigenvalue weighted by Gasteiger charge is -2.26. The molecule has 7 nitrogen and oxygen atoms in total. The monoisotopic (exact) mass is 462 g/mol. The van der Waals surface area contributed by atoms with Crippen LogP contribution in [-0.2, 0) is 11.2 Å². The highest BCUT2D eigenvalue weighted by molar-refractivity contribution is 5.97. The van der Waals surface area contributed by atoms with E-state index < -0.39 is 0 Å². The Labute approximate surface area is 201 Å². The van der Waals surface area contributed by atoms with Crippen molar-refractivity contribution in [2.75, 3.05) is 52.5 Å². The molecule has 0 N–H and O–H groups in total. The Bertz CT molecular complexity index is 1090. The number of nitrogens with zero attached hydrogens (tertiary/aromatic N) is 4. The van der Waals surface area contributed by atoms with Crippen LogP contribution >= 0.6 is 0 Å². The van der Waals surface area contributed by atoms with Gasteiger partial charge in [-0.1, -0.05) is 18.2 Å². The summed E-state index contributed by atoms with van der Waals surface area (Å²) in [7, 11) is 0. The van der Waals surface area contributed by atoms with E-state index in [9.17, 15) is 4.79 Å². The average Bonchev–Trinajstić information content (AvgIpc) is 3.25. The Morgan fingerprint density at radius 2 is 1.91 bits per heavy atom. The molecule has 0 aliphatic carbocycles. The molecule has 2 aliphatic rings. The number of ether oxygens (including phenoxy) is 2. The lowest BCUT2D eigenvalue weighted by Crippen LogP contribution is -2.38. The fraction of sp³-hybridized carbons (Fsp3) is 0.481. The van der Waals surface area contributed by atoms with Gasteiger partial charge < -0.3 is 14.4 Å². The van der Waals surface area contributed by atoms with Gasteiger partial charge in [-0.3, -0.25) is 9.69 Å². The number of carbonyl (C=O) groups excluding carboxylic acids is 1. The molecule has 2 aromatic heterocycles. The summed E-state index contributed by atoms with van der Waals surface area (Å²) in [6, 6.07) is 14.0. The van der Waals surface area contributed by atoms with E-state index in [-0.39, 0.29) is 5.91 Å². The highest BCUT2D eigenvalue weighted by Gasteiger charge is 2.24. The maximum atomic E-state index is 13.5. The van der Waals surface area contributed by atoms with Crippen molar-refractivity contribution in [3.05, 3.63) is 66.0 Å². The molecule has 1 aromatic carbocycles. The van der Waals surface area contributed by atoms with Crippen LogP contribution in [0.1, 0.15) is 35.2 Å². The normalized spacial score (nSPS) is 19.8. The Balaban J connectivity index is 1.18. The summed E-state index contributed by atoms with van der Waals surface area (Å²) in [6.45, 7) is 6.45. The van der Waals surface area contributed by atoms with Gasteiger partial charge in [0.25, 0.3) is 5.91 Å². The van der Waals surface area contributed by atoms with E-state index in [1.807, 2.05) is 46.1 Å². The maximum absolute atomic E-state index is 13.5. The molecule has 7 heteroatoms. The molecule has 180 valence electrons. The standard InChI is InChI=1S/C27H34N4O3/c32-27(24-7-1-2-8-26(24)34-20-17-29-15-18-33-19-16-29)30-12-3-5-22(10-14-30)21-23-6-4-13-31-25(23)9-11-28-31/h1-2,4,6-9,11,13,22H,3,5,10,12,14-21H2. The van der Waals surface area contributed by atoms with Crippen molar-refractivity contribution in [1.82, 2.24) is 19.4 Å². The minimum Gasteiger partial charge on any atom is -0.491 e. The van der Waals surface area contributed by atoms with E-state index in [2.05, 4.69) is 28.2 Å². The van der Waals surface area contributed by atoms with Crippen molar-refractivity contribution < 1.29 is 14.3 Å². The molecule has 0 radical (unpaired) electrons. The van der Waals surface area contributed by atoms with Gasteiger partial charge in [0.2, 0.25) is 0 Å². The number of fused-ring (bicyclic) bond motifs is 1. The second kappa shape index (κ2) is 11.0. The fourth-order valence-corrected chi connectivity index (χ4v) is 5.12. The molecule has 1 amide bonds. The first-order valence-electron chi connectivity index (χ1n) is 12.5. The van der Waals surface area contributed by atoms with Crippen molar-refractivity contribution in [2.24, 2.45) is 5.92 Å². The Morgan fingerprint density at radius 1 is 1.03 bits per heavy atom. The summed E-state index contributed by atoms with van der Waals surface area (Å²) >= 11 is 0. The fourth-order valence-electron chi connectivity index (χ4n) is 5.12. The molecule has 1 atom stereocenters. The molecule has 2 saturated heterocycles. The third-order valence-electron chi connectivity index (χ3n) is 7.05. The van der Waals surface area contributed by atoms with E-state index in [4.69, 9.17) is 9.47 Å². The summed E-state index contributed by atoms with van der Waals surface area (Å²) in [5, 5.41) is 4.36. The van der Waals surface area contributed by atoms with Gasteiger partial charge in [-0.05, 0) is 61.4 Å². The first-order chi connectivity index (χ1) is 16.8.